The molecule has 0 bridgehead atoms. The Kier molecular flexibility index (Phi) is 16.8. The molecule has 21 nitrogen and oxygen atoms in total. The highest BCUT2D eigenvalue weighted by Crippen LogP contribution is 2.45. The second-order valence-corrected chi connectivity index (χ2v) is 16.0. The molecule has 6 N–H and O–H groups in total. The summed E-state index contributed by atoms with van der Waals surface area (Å²) in [6, 6.07) is 5.66. The number of nitrogens with zero attached hydrogens (tertiary/aromatic N) is 2. The maximum absolute atomic E-state index is 13.5. The lowest BCUT2D eigenvalue weighted by atomic mass is 10.1. The highest BCUT2D eigenvalue weighted by atomic mass is 16.6. The molecule has 60 heavy (non-hydrogen) atoms. The lowest BCUT2D eigenvalue weighted by Crippen LogP contribution is -2.57. The van der Waals surface area contributed by atoms with Gasteiger partial charge < -0.3 is 45.9 Å². The third-order valence-electron chi connectivity index (χ3n) is 8.53. The maximum atomic E-state index is 13.5. The van der Waals surface area contributed by atoms with Crippen LogP contribution in [-0.2, 0) is 63.8 Å². The number of nitrogens with one attached hydrogen (secondary N) is 5. The van der Waals surface area contributed by atoms with Crippen LogP contribution in [0.5, 0.6) is 0 Å². The SMILES string of the molecule is CC(C)(C)OC(=O)CN(C[C@@H](C(=O)NCC(=O)NCC(=O)N[C@@H](Cc1ccccc1)C(=O)NCC(=O)NCOCC1(C(=O)O)CC1)N1C(=O)C=CC1=O)C(=O)OC(C)(C)C. The molecule has 328 valence electrons. The van der Waals surface area contributed by atoms with E-state index in [0.717, 1.165) is 17.1 Å². The topological polar surface area (TPSA) is 285 Å². The van der Waals surface area contributed by atoms with Crippen LogP contribution in [0.1, 0.15) is 59.9 Å². The highest BCUT2D eigenvalue weighted by molar-refractivity contribution is 6.15. The summed E-state index contributed by atoms with van der Waals surface area (Å²) >= 11 is 0. The van der Waals surface area contributed by atoms with Gasteiger partial charge in [0.1, 0.15) is 36.6 Å². The Morgan fingerprint density at radius 1 is 0.767 bits per heavy atom. The van der Waals surface area contributed by atoms with Gasteiger partial charge in [-0.15, -0.1) is 0 Å². The zero-order chi connectivity index (χ0) is 44.8. The number of esters is 1. The van der Waals surface area contributed by atoms with Gasteiger partial charge in [0.05, 0.1) is 38.2 Å². The molecule has 0 unspecified atom stereocenters. The fraction of sp³-hybridized carbons (Fsp3) is 0.538. The van der Waals surface area contributed by atoms with Crippen LogP contribution in [0.15, 0.2) is 42.5 Å². The third kappa shape index (κ3) is 16.1. The zero-order valence-electron chi connectivity index (χ0n) is 34.4. The molecule has 0 spiro atoms. The van der Waals surface area contributed by atoms with E-state index in [0.29, 0.717) is 23.3 Å². The minimum absolute atomic E-state index is 0.00282. The molecule has 21 heteroatoms. The van der Waals surface area contributed by atoms with Crippen LogP contribution in [0.25, 0.3) is 0 Å². The number of rotatable bonds is 21. The van der Waals surface area contributed by atoms with Crippen LogP contribution in [0.3, 0.4) is 0 Å². The van der Waals surface area contributed by atoms with Crippen molar-refractivity contribution in [3.05, 3.63) is 48.0 Å². The number of ether oxygens (including phenoxy) is 3. The summed E-state index contributed by atoms with van der Waals surface area (Å²) in [4.78, 5) is 129. The molecule has 1 aliphatic carbocycles. The van der Waals surface area contributed by atoms with Crippen LogP contribution in [0, 0.1) is 5.41 Å². The first-order valence-electron chi connectivity index (χ1n) is 19.0. The maximum Gasteiger partial charge on any atom is 0.410 e. The minimum Gasteiger partial charge on any atom is -0.481 e. The predicted octanol–water partition coefficient (Wildman–Crippen LogP) is -1.11. The first-order chi connectivity index (χ1) is 28.0. The molecule has 3 rings (SSSR count). The molecule has 1 fully saturated rings. The Morgan fingerprint density at radius 3 is 1.87 bits per heavy atom. The number of carbonyl (C=O) groups excluding carboxylic acids is 9. The molecule has 1 aliphatic heterocycles. The van der Waals surface area contributed by atoms with E-state index in [4.69, 9.17) is 14.2 Å². The molecule has 1 aromatic rings. The number of carboxylic acid groups (broad SMARTS) is 1. The molecule has 0 aromatic heterocycles. The first-order valence-corrected chi connectivity index (χ1v) is 19.0. The van der Waals surface area contributed by atoms with Crippen molar-refractivity contribution < 1.29 is 67.3 Å². The smallest absolute Gasteiger partial charge is 0.410 e. The van der Waals surface area contributed by atoms with Crippen LogP contribution < -0.4 is 26.6 Å². The molecular weight excluding hydrogens is 790 g/mol. The van der Waals surface area contributed by atoms with Gasteiger partial charge >= 0.3 is 18.0 Å². The molecule has 2 aliphatic rings. The Hall–Kier alpha value is -6.38. The summed E-state index contributed by atoms with van der Waals surface area (Å²) in [6.45, 7) is 5.75. The van der Waals surface area contributed by atoms with Crippen LogP contribution in [0.4, 0.5) is 4.79 Å². The van der Waals surface area contributed by atoms with E-state index >= 15 is 0 Å². The number of carboxylic acids is 1. The van der Waals surface area contributed by atoms with Crippen molar-refractivity contribution in [2.45, 2.75) is 84.1 Å². The van der Waals surface area contributed by atoms with E-state index in [2.05, 4.69) is 26.6 Å². The van der Waals surface area contributed by atoms with Gasteiger partial charge in [0.2, 0.25) is 29.5 Å². The van der Waals surface area contributed by atoms with Crippen LogP contribution in [0.2, 0.25) is 0 Å². The number of hydrogen-bond donors (Lipinski definition) is 6. The number of hydrogen-bond acceptors (Lipinski definition) is 13. The quantitative estimate of drug-likeness (QED) is 0.0371. The van der Waals surface area contributed by atoms with E-state index in [-0.39, 0.29) is 19.8 Å². The minimum atomic E-state index is -1.75. The average Bonchev–Trinajstić information content (AvgIpc) is 3.88. The van der Waals surface area contributed by atoms with Crippen molar-refractivity contribution in [1.82, 2.24) is 36.4 Å². The van der Waals surface area contributed by atoms with E-state index in [1.807, 2.05) is 0 Å². The zero-order valence-corrected chi connectivity index (χ0v) is 34.4. The Bertz CT molecular complexity index is 1820. The Morgan fingerprint density at radius 2 is 1.32 bits per heavy atom. The summed E-state index contributed by atoms with van der Waals surface area (Å²) < 4.78 is 16.0. The monoisotopic (exact) mass is 843 g/mol. The van der Waals surface area contributed by atoms with Gasteiger partial charge in [0, 0.05) is 18.6 Å². The summed E-state index contributed by atoms with van der Waals surface area (Å²) in [7, 11) is 0. The molecule has 1 saturated carbocycles. The predicted molar refractivity (Wildman–Crippen MR) is 208 cm³/mol. The van der Waals surface area contributed by atoms with E-state index in [1.165, 1.54) is 0 Å². The number of amides is 8. The summed E-state index contributed by atoms with van der Waals surface area (Å²) in [5, 5.41) is 21.1. The number of imide groups is 1. The van der Waals surface area contributed by atoms with Gasteiger partial charge in [-0.3, -0.25) is 53.0 Å². The van der Waals surface area contributed by atoms with E-state index < -0.39 is 121 Å². The summed E-state index contributed by atoms with van der Waals surface area (Å²) in [5.41, 5.74) is -2.27. The first kappa shape index (κ1) is 48.0. The van der Waals surface area contributed by atoms with Gasteiger partial charge in [-0.1, -0.05) is 30.3 Å². The second kappa shape index (κ2) is 21.0. The van der Waals surface area contributed by atoms with Crippen molar-refractivity contribution in [2.24, 2.45) is 5.41 Å². The molecule has 0 radical (unpaired) electrons. The molecule has 2 atom stereocenters. The van der Waals surface area contributed by atoms with Crippen LogP contribution in [-0.4, -0.2) is 144 Å². The normalized spacial score (nSPS) is 15.2. The van der Waals surface area contributed by atoms with Gasteiger partial charge in [0.25, 0.3) is 11.8 Å². The van der Waals surface area contributed by atoms with Crippen molar-refractivity contribution in [2.75, 3.05) is 46.1 Å². The summed E-state index contributed by atoms with van der Waals surface area (Å²) in [5.74, 6) is -7.80. The highest BCUT2D eigenvalue weighted by Gasteiger charge is 2.50. The fourth-order valence-corrected chi connectivity index (χ4v) is 5.40. The average molecular weight is 844 g/mol. The van der Waals surface area contributed by atoms with Gasteiger partial charge in [-0.2, -0.15) is 0 Å². The third-order valence-corrected chi connectivity index (χ3v) is 8.53. The van der Waals surface area contributed by atoms with Gasteiger partial charge in [-0.25, -0.2) is 4.79 Å². The Balaban J connectivity index is 1.60. The number of carbonyl (C=O) groups is 10. The second-order valence-electron chi connectivity index (χ2n) is 16.0. The number of aliphatic carboxylic acids is 1. The molecular formula is C39H53N7O14. The number of benzene rings is 1. The van der Waals surface area contributed by atoms with Gasteiger partial charge in [0.15, 0.2) is 0 Å². The Labute approximate surface area is 346 Å². The van der Waals surface area contributed by atoms with Crippen molar-refractivity contribution >= 4 is 59.4 Å². The molecule has 0 saturated heterocycles. The van der Waals surface area contributed by atoms with Crippen LogP contribution >= 0.6 is 0 Å². The molecule has 1 aromatic carbocycles. The van der Waals surface area contributed by atoms with Crippen molar-refractivity contribution in [3.63, 3.8) is 0 Å². The van der Waals surface area contributed by atoms with Gasteiger partial charge in [-0.05, 0) is 59.9 Å². The standard InChI is InChI=1S/C39H53N7O14/c1-37(2,3)59-32(52)21-45(36(57)60-38(4,5)6)20-26(46-30(50)12-13-31(46)51)34(54)42-17-27(47)40-19-29(49)44-25(16-24-10-8-7-9-11-24)33(53)41-18-28(48)43-23-58-22-39(14-15-39)35(55)56/h7-13,25-26H,14-23H2,1-6H3,(H,40,47)(H,41,53)(H,42,54)(H,43,48)(H,44,49)(H,55,56)/t25-,26-/m0/s1. The molecule has 1 heterocycles. The van der Waals surface area contributed by atoms with E-state index in [9.17, 15) is 53.1 Å². The largest absolute Gasteiger partial charge is 0.481 e. The van der Waals surface area contributed by atoms with Crippen molar-refractivity contribution in [1.29, 1.82) is 0 Å². The summed E-state index contributed by atoms with van der Waals surface area (Å²) in [6.07, 6.45) is 1.71. The molecule has 8 amide bonds. The van der Waals surface area contributed by atoms with Crippen molar-refractivity contribution in [3.8, 4) is 0 Å². The van der Waals surface area contributed by atoms with E-state index in [1.54, 1.807) is 71.9 Å². The fourth-order valence-electron chi connectivity index (χ4n) is 5.40. The lowest BCUT2D eigenvalue weighted by molar-refractivity contribution is -0.156. The lowest BCUT2D eigenvalue weighted by Gasteiger charge is -2.32.